The lowest BCUT2D eigenvalue weighted by atomic mass is 10.0. The second-order valence-corrected chi connectivity index (χ2v) is 4.64. The smallest absolute Gasteiger partial charge is 0.379 e. The van der Waals surface area contributed by atoms with Gasteiger partial charge in [-0.3, -0.25) is 10.1 Å². The van der Waals surface area contributed by atoms with Gasteiger partial charge in [0.15, 0.2) is 0 Å². The van der Waals surface area contributed by atoms with Crippen molar-refractivity contribution in [2.45, 2.75) is 18.9 Å². The molecule has 1 rings (SSSR count). The Bertz CT molecular complexity index is 539. The molecule has 6 nitrogen and oxygen atoms in total. The van der Waals surface area contributed by atoms with Crippen LogP contribution in [0.4, 0.5) is 14.5 Å². The van der Waals surface area contributed by atoms with E-state index in [9.17, 15) is 23.7 Å². The van der Waals surface area contributed by atoms with Gasteiger partial charge in [-0.15, -0.1) is 0 Å². The molecule has 0 unspecified atom stereocenters. The van der Waals surface area contributed by atoms with Gasteiger partial charge in [0, 0.05) is 6.07 Å². The number of carbonyl (C=O) groups is 1. The molecule has 0 amide bonds. The lowest BCUT2D eigenvalue weighted by molar-refractivity contribution is -0.385. The highest BCUT2D eigenvalue weighted by Crippen LogP contribution is 2.34. The summed E-state index contributed by atoms with van der Waals surface area (Å²) in [6.07, 6.45) is 0. The molecule has 20 heavy (non-hydrogen) atoms. The molecular weight excluding hydrogens is 342 g/mol. The van der Waals surface area contributed by atoms with E-state index in [4.69, 9.17) is 5.73 Å². The van der Waals surface area contributed by atoms with E-state index in [1.54, 1.807) is 0 Å². The van der Waals surface area contributed by atoms with Crippen LogP contribution >= 0.6 is 15.9 Å². The van der Waals surface area contributed by atoms with E-state index in [2.05, 4.69) is 20.7 Å². The molecule has 9 heteroatoms. The molecule has 1 atom stereocenters. The minimum atomic E-state index is -3.97. The Kier molecular flexibility index (Phi) is 5.12. The van der Waals surface area contributed by atoms with E-state index in [0.717, 1.165) is 6.07 Å². The van der Waals surface area contributed by atoms with Crippen LogP contribution in [0.2, 0.25) is 0 Å². The van der Waals surface area contributed by atoms with E-state index in [-0.39, 0.29) is 16.6 Å². The molecule has 0 spiro atoms. The average molecular weight is 353 g/mol. The number of alkyl halides is 2. The van der Waals surface area contributed by atoms with E-state index >= 15 is 0 Å². The highest BCUT2D eigenvalue weighted by molar-refractivity contribution is 9.10. The fourth-order valence-corrected chi connectivity index (χ4v) is 1.82. The number of benzene rings is 1. The largest absolute Gasteiger partial charge is 0.462 e. The van der Waals surface area contributed by atoms with Gasteiger partial charge in [0.05, 0.1) is 16.0 Å². The van der Waals surface area contributed by atoms with Gasteiger partial charge in [-0.25, -0.2) is 4.79 Å². The van der Waals surface area contributed by atoms with Gasteiger partial charge in [0.2, 0.25) is 0 Å². The van der Waals surface area contributed by atoms with Crippen LogP contribution in [0, 0.1) is 10.1 Å². The SMILES string of the molecule is CCOC(=O)C(F)(F)[C@H](N)c1ccc(Br)c([N+](=O)[O-])c1. The standard InChI is InChI=1S/C11H11BrF2N2O4/c1-2-20-10(17)11(13,14)9(15)6-3-4-7(12)8(5-6)16(18)19/h3-5,9H,2,15H2,1H3/t9-/m1/s1. The number of hydrogen-bond acceptors (Lipinski definition) is 5. The number of nitrogens with zero attached hydrogens (tertiary/aromatic N) is 1. The molecular formula is C11H11BrF2N2O4. The maximum absolute atomic E-state index is 13.7. The molecule has 0 saturated heterocycles. The van der Waals surface area contributed by atoms with Crippen molar-refractivity contribution < 1.29 is 23.2 Å². The predicted molar refractivity (Wildman–Crippen MR) is 69.3 cm³/mol. The summed E-state index contributed by atoms with van der Waals surface area (Å²) in [6.45, 7) is 1.16. The first kappa shape index (κ1) is 16.4. The van der Waals surface area contributed by atoms with Crippen LogP contribution in [0.1, 0.15) is 18.5 Å². The number of hydrogen-bond donors (Lipinski definition) is 1. The van der Waals surface area contributed by atoms with Gasteiger partial charge in [-0.1, -0.05) is 6.07 Å². The Hall–Kier alpha value is -1.61. The number of halogens is 3. The summed E-state index contributed by atoms with van der Waals surface area (Å²) < 4.78 is 31.8. The third-order valence-corrected chi connectivity index (χ3v) is 3.13. The van der Waals surface area contributed by atoms with E-state index in [0.29, 0.717) is 0 Å². The maximum Gasteiger partial charge on any atom is 0.379 e. The van der Waals surface area contributed by atoms with Crippen molar-refractivity contribution in [2.75, 3.05) is 6.61 Å². The minimum absolute atomic E-state index is 0.123. The van der Waals surface area contributed by atoms with Crippen LogP contribution in [0.3, 0.4) is 0 Å². The monoisotopic (exact) mass is 352 g/mol. The number of esters is 1. The van der Waals surface area contributed by atoms with Crippen LogP contribution in [0.15, 0.2) is 22.7 Å². The normalized spacial score (nSPS) is 12.8. The molecule has 1 aromatic carbocycles. The molecule has 0 aliphatic rings. The molecule has 0 fully saturated rings. The van der Waals surface area contributed by atoms with Crippen molar-refractivity contribution in [3.05, 3.63) is 38.3 Å². The highest BCUT2D eigenvalue weighted by Gasteiger charge is 2.48. The molecule has 0 aliphatic carbocycles. The number of rotatable bonds is 5. The quantitative estimate of drug-likeness (QED) is 0.499. The number of ether oxygens (including phenoxy) is 1. The Balaban J connectivity index is 3.14. The van der Waals surface area contributed by atoms with Crippen molar-refractivity contribution in [3.8, 4) is 0 Å². The van der Waals surface area contributed by atoms with Gasteiger partial charge < -0.3 is 10.5 Å². The summed E-state index contributed by atoms with van der Waals surface area (Å²) in [6, 6.07) is 1.25. The van der Waals surface area contributed by atoms with E-state index in [1.807, 2.05) is 0 Å². The first-order valence-electron chi connectivity index (χ1n) is 5.46. The lowest BCUT2D eigenvalue weighted by Crippen LogP contribution is -2.41. The molecule has 2 N–H and O–H groups in total. The number of nitro benzene ring substituents is 1. The second kappa shape index (κ2) is 6.23. The van der Waals surface area contributed by atoms with Gasteiger partial charge in [0.25, 0.3) is 5.69 Å². The van der Waals surface area contributed by atoms with Crippen LogP contribution < -0.4 is 5.73 Å². The molecule has 0 heterocycles. The molecule has 0 aromatic heterocycles. The van der Waals surface area contributed by atoms with Crippen molar-refractivity contribution in [1.82, 2.24) is 0 Å². The Labute approximate surface area is 121 Å². The van der Waals surface area contributed by atoms with Crippen LogP contribution in [0.25, 0.3) is 0 Å². The van der Waals surface area contributed by atoms with Crippen LogP contribution in [-0.2, 0) is 9.53 Å². The molecule has 0 bridgehead atoms. The van der Waals surface area contributed by atoms with Crippen molar-refractivity contribution >= 4 is 27.6 Å². The number of carbonyl (C=O) groups excluding carboxylic acids is 1. The van der Waals surface area contributed by atoms with E-state index in [1.165, 1.54) is 19.1 Å². The van der Waals surface area contributed by atoms with Gasteiger partial charge in [-0.05, 0) is 34.5 Å². The zero-order chi connectivity index (χ0) is 15.5. The third kappa shape index (κ3) is 3.28. The van der Waals surface area contributed by atoms with Crippen LogP contribution in [-0.4, -0.2) is 23.4 Å². The average Bonchev–Trinajstić information content (AvgIpc) is 2.38. The minimum Gasteiger partial charge on any atom is -0.462 e. The number of nitro groups is 1. The highest BCUT2D eigenvalue weighted by atomic mass is 79.9. The topological polar surface area (TPSA) is 95.5 Å². The molecule has 110 valence electrons. The summed E-state index contributed by atoms with van der Waals surface area (Å²) in [7, 11) is 0. The van der Waals surface area contributed by atoms with Gasteiger partial charge >= 0.3 is 11.9 Å². The lowest BCUT2D eigenvalue weighted by Gasteiger charge is -2.21. The van der Waals surface area contributed by atoms with Crippen molar-refractivity contribution in [1.29, 1.82) is 0 Å². The fourth-order valence-electron chi connectivity index (χ4n) is 1.43. The Morgan fingerprint density at radius 1 is 1.60 bits per heavy atom. The Morgan fingerprint density at radius 3 is 2.70 bits per heavy atom. The summed E-state index contributed by atoms with van der Waals surface area (Å²) in [5.74, 6) is -5.74. The molecule has 0 saturated carbocycles. The first-order chi connectivity index (χ1) is 9.21. The van der Waals surface area contributed by atoms with Gasteiger partial charge in [0.1, 0.15) is 6.04 Å². The zero-order valence-electron chi connectivity index (χ0n) is 10.3. The zero-order valence-corrected chi connectivity index (χ0v) is 11.9. The molecule has 0 radical (unpaired) electrons. The summed E-state index contributed by atoms with van der Waals surface area (Å²) in [4.78, 5) is 21.2. The van der Waals surface area contributed by atoms with Crippen molar-refractivity contribution in [3.63, 3.8) is 0 Å². The van der Waals surface area contributed by atoms with Crippen LogP contribution in [0.5, 0.6) is 0 Å². The van der Waals surface area contributed by atoms with E-state index < -0.39 is 28.5 Å². The maximum atomic E-state index is 13.7. The predicted octanol–water partition coefficient (Wildman–Crippen LogP) is 2.56. The molecule has 0 aliphatic heterocycles. The first-order valence-corrected chi connectivity index (χ1v) is 6.25. The third-order valence-electron chi connectivity index (χ3n) is 2.46. The van der Waals surface area contributed by atoms with Gasteiger partial charge in [-0.2, -0.15) is 8.78 Å². The Morgan fingerprint density at radius 2 is 2.20 bits per heavy atom. The fraction of sp³-hybridized carbons (Fsp3) is 0.364. The van der Waals surface area contributed by atoms with Crippen molar-refractivity contribution in [2.24, 2.45) is 5.73 Å². The molecule has 1 aromatic rings. The summed E-state index contributed by atoms with van der Waals surface area (Å²) in [5, 5.41) is 10.7. The summed E-state index contributed by atoms with van der Waals surface area (Å²) in [5.41, 5.74) is 4.68. The number of nitrogens with two attached hydrogens (primary N) is 1. The summed E-state index contributed by atoms with van der Waals surface area (Å²) >= 11 is 2.92. The second-order valence-electron chi connectivity index (χ2n) is 3.79.